The Morgan fingerprint density at radius 1 is 1.65 bits per heavy atom. The molecule has 5 N–H and O–H groups in total. The third-order valence-electron chi connectivity index (χ3n) is 2.98. The first-order valence-corrected chi connectivity index (χ1v) is 6.47. The molecule has 1 unspecified atom stereocenters. The normalized spacial score (nSPS) is 21.4. The van der Waals surface area contributed by atoms with Gasteiger partial charge >= 0.3 is 0 Å². The maximum Gasteiger partial charge on any atom is 0.234 e. The van der Waals surface area contributed by atoms with Gasteiger partial charge in [-0.05, 0) is 19.4 Å². The summed E-state index contributed by atoms with van der Waals surface area (Å²) < 4.78 is 0. The molecule has 1 aliphatic heterocycles. The van der Waals surface area contributed by atoms with Crippen LogP contribution in [0.3, 0.4) is 0 Å². The summed E-state index contributed by atoms with van der Waals surface area (Å²) in [7, 11) is 0. The highest BCUT2D eigenvalue weighted by Crippen LogP contribution is 2.23. The van der Waals surface area contributed by atoms with E-state index < -0.39 is 0 Å². The fraction of sp³-hybridized carbons (Fsp3) is 0.600. The minimum atomic E-state index is -0.230. The lowest BCUT2D eigenvalue weighted by atomic mass is 10.0. The number of rotatable bonds is 4. The van der Waals surface area contributed by atoms with Gasteiger partial charge in [0.2, 0.25) is 5.91 Å². The third kappa shape index (κ3) is 2.93. The van der Waals surface area contributed by atoms with Crippen LogP contribution >= 0.6 is 11.3 Å². The molecule has 1 aromatic rings. The molecule has 6 nitrogen and oxygen atoms in total. The molecule has 2 rings (SSSR count). The average molecular weight is 255 g/mol. The van der Waals surface area contributed by atoms with Crippen molar-refractivity contribution in [3.8, 4) is 0 Å². The first-order chi connectivity index (χ1) is 8.20. The fourth-order valence-electron chi connectivity index (χ4n) is 2.15. The van der Waals surface area contributed by atoms with Gasteiger partial charge in [0, 0.05) is 17.6 Å². The van der Waals surface area contributed by atoms with Gasteiger partial charge in [0.05, 0.1) is 6.04 Å². The van der Waals surface area contributed by atoms with Crippen LogP contribution < -0.4 is 17.0 Å². The molecule has 94 valence electrons. The molecular weight excluding hydrogens is 238 g/mol. The number of hydrogen-bond acceptors (Lipinski definition) is 6. The van der Waals surface area contributed by atoms with Crippen LogP contribution in [0.5, 0.6) is 0 Å². The summed E-state index contributed by atoms with van der Waals surface area (Å²) in [4.78, 5) is 18.7. The number of hydrogen-bond donors (Lipinski definition) is 3. The number of carbonyl (C=O) groups excluding carboxylic acids is 1. The Bertz CT molecular complexity index is 394. The van der Waals surface area contributed by atoms with E-state index in [4.69, 9.17) is 11.6 Å². The van der Waals surface area contributed by atoms with Gasteiger partial charge < -0.3 is 5.73 Å². The Hall–Kier alpha value is -1.18. The molecule has 0 aliphatic carbocycles. The molecule has 0 bridgehead atoms. The van der Waals surface area contributed by atoms with E-state index in [1.165, 1.54) is 11.3 Å². The number of nitrogen functional groups attached to an aromatic ring is 1. The van der Waals surface area contributed by atoms with Gasteiger partial charge in [-0.2, -0.15) is 0 Å². The van der Waals surface area contributed by atoms with Gasteiger partial charge in [0.1, 0.15) is 0 Å². The van der Waals surface area contributed by atoms with Crippen LogP contribution in [0.1, 0.15) is 24.1 Å². The van der Waals surface area contributed by atoms with Crippen LogP contribution in [-0.2, 0) is 11.3 Å². The van der Waals surface area contributed by atoms with Gasteiger partial charge in [0.15, 0.2) is 5.13 Å². The number of nitrogens with one attached hydrogen (secondary N) is 1. The average Bonchev–Trinajstić information content (AvgIpc) is 2.77. The van der Waals surface area contributed by atoms with E-state index in [9.17, 15) is 4.79 Å². The maximum absolute atomic E-state index is 11.4. The minimum Gasteiger partial charge on any atom is -0.368 e. The summed E-state index contributed by atoms with van der Waals surface area (Å²) in [5, 5.41) is 0.688. The zero-order valence-electron chi connectivity index (χ0n) is 9.56. The maximum atomic E-state index is 11.4. The Morgan fingerprint density at radius 2 is 2.47 bits per heavy atom. The van der Waals surface area contributed by atoms with Crippen LogP contribution in [0, 0.1) is 0 Å². The van der Waals surface area contributed by atoms with Crippen molar-refractivity contribution in [2.45, 2.75) is 31.8 Å². The fourth-order valence-corrected chi connectivity index (χ4v) is 2.90. The van der Waals surface area contributed by atoms with Gasteiger partial charge in [-0.3, -0.25) is 15.1 Å². The van der Waals surface area contributed by atoms with Crippen molar-refractivity contribution in [1.82, 2.24) is 9.88 Å². The number of thiazole rings is 1. The zero-order valence-corrected chi connectivity index (χ0v) is 10.4. The standard InChI is InChI=1S/C10H17N5OS/c11-9(16)8-3-1-2-4-15(8)6-7-5-13-10(14-12)17-7/h5,8H,1-4,6,12H2,(H2,11,16)(H,13,14). The third-order valence-corrected chi connectivity index (χ3v) is 3.89. The van der Waals surface area contributed by atoms with E-state index in [0.717, 1.165) is 30.7 Å². The van der Waals surface area contributed by atoms with Gasteiger partial charge in [0.25, 0.3) is 0 Å². The predicted octanol–water partition coefficient (Wildman–Crippen LogP) is 0.268. The Labute approximate surface area is 104 Å². The molecule has 1 atom stereocenters. The zero-order chi connectivity index (χ0) is 12.3. The molecule has 1 fully saturated rings. The second-order valence-electron chi connectivity index (χ2n) is 4.16. The van der Waals surface area contributed by atoms with Crippen LogP contribution in [0.2, 0.25) is 0 Å². The molecule has 1 aromatic heterocycles. The first kappa shape index (κ1) is 12.3. The lowest BCUT2D eigenvalue weighted by Crippen LogP contribution is -2.46. The monoisotopic (exact) mass is 255 g/mol. The molecule has 1 saturated heterocycles. The number of likely N-dealkylation sites (tertiary alicyclic amines) is 1. The van der Waals surface area contributed by atoms with Crippen molar-refractivity contribution in [1.29, 1.82) is 0 Å². The number of amides is 1. The van der Waals surface area contributed by atoms with Crippen LogP contribution in [-0.4, -0.2) is 28.4 Å². The smallest absolute Gasteiger partial charge is 0.234 e. The summed E-state index contributed by atoms with van der Waals surface area (Å²) in [6, 6.07) is -0.139. The SMILES string of the molecule is NNc1ncc(CN2CCCCC2C(N)=O)s1. The summed E-state index contributed by atoms with van der Waals surface area (Å²) in [5.41, 5.74) is 7.93. The molecule has 2 heterocycles. The number of primary amides is 1. The number of nitrogens with two attached hydrogens (primary N) is 2. The number of hydrazine groups is 1. The molecule has 0 radical (unpaired) electrons. The molecule has 0 spiro atoms. The Morgan fingerprint density at radius 3 is 3.12 bits per heavy atom. The largest absolute Gasteiger partial charge is 0.368 e. The van der Waals surface area contributed by atoms with Gasteiger partial charge in [-0.1, -0.05) is 17.8 Å². The molecule has 1 amide bonds. The summed E-state index contributed by atoms with van der Waals surface area (Å²) >= 11 is 1.50. The van der Waals surface area contributed by atoms with Gasteiger partial charge in [-0.15, -0.1) is 0 Å². The van der Waals surface area contributed by atoms with Crippen molar-refractivity contribution in [2.75, 3.05) is 12.0 Å². The summed E-state index contributed by atoms with van der Waals surface area (Å²) in [6.45, 7) is 1.63. The van der Waals surface area contributed by atoms with Crippen LogP contribution in [0.15, 0.2) is 6.20 Å². The molecule has 7 heteroatoms. The number of anilines is 1. The minimum absolute atomic E-state index is 0.139. The second-order valence-corrected chi connectivity index (χ2v) is 5.28. The summed E-state index contributed by atoms with van der Waals surface area (Å²) in [6.07, 6.45) is 4.83. The molecule has 1 aliphatic rings. The highest BCUT2D eigenvalue weighted by molar-refractivity contribution is 7.15. The van der Waals surface area contributed by atoms with Crippen molar-refractivity contribution in [2.24, 2.45) is 11.6 Å². The Balaban J connectivity index is 2.02. The van der Waals surface area contributed by atoms with Crippen LogP contribution in [0.4, 0.5) is 5.13 Å². The van der Waals surface area contributed by atoms with Crippen LogP contribution in [0.25, 0.3) is 0 Å². The van der Waals surface area contributed by atoms with E-state index in [1.54, 1.807) is 6.20 Å². The molecule has 0 saturated carbocycles. The van der Waals surface area contributed by atoms with Crippen molar-refractivity contribution in [3.63, 3.8) is 0 Å². The number of nitrogens with zero attached hydrogens (tertiary/aromatic N) is 2. The second kappa shape index (κ2) is 5.44. The number of aromatic nitrogens is 1. The van der Waals surface area contributed by atoms with E-state index in [1.807, 2.05) is 0 Å². The molecule has 0 aromatic carbocycles. The van der Waals surface area contributed by atoms with Crippen molar-refractivity contribution in [3.05, 3.63) is 11.1 Å². The molecular formula is C10H17N5OS. The Kier molecular flexibility index (Phi) is 3.93. The van der Waals surface area contributed by atoms with E-state index >= 15 is 0 Å². The number of carbonyl (C=O) groups is 1. The quantitative estimate of drug-likeness (QED) is 0.530. The highest BCUT2D eigenvalue weighted by Gasteiger charge is 2.27. The first-order valence-electron chi connectivity index (χ1n) is 5.65. The lowest BCUT2D eigenvalue weighted by molar-refractivity contribution is -0.124. The van der Waals surface area contributed by atoms with Crippen molar-refractivity contribution < 1.29 is 4.79 Å². The predicted molar refractivity (Wildman–Crippen MR) is 67.2 cm³/mol. The van der Waals surface area contributed by atoms with E-state index in [-0.39, 0.29) is 11.9 Å². The van der Waals surface area contributed by atoms with Crippen molar-refractivity contribution >= 4 is 22.4 Å². The van der Waals surface area contributed by atoms with Gasteiger partial charge in [-0.25, -0.2) is 10.8 Å². The molecule has 17 heavy (non-hydrogen) atoms. The summed E-state index contributed by atoms with van der Waals surface area (Å²) in [5.74, 6) is 5.05. The van der Waals surface area contributed by atoms with E-state index in [0.29, 0.717) is 11.7 Å². The van der Waals surface area contributed by atoms with E-state index in [2.05, 4.69) is 15.3 Å². The topological polar surface area (TPSA) is 97.3 Å². The lowest BCUT2D eigenvalue weighted by Gasteiger charge is -2.32. The number of piperidine rings is 1. The highest BCUT2D eigenvalue weighted by atomic mass is 32.1.